The van der Waals surface area contributed by atoms with E-state index in [-0.39, 0.29) is 15.4 Å². The fourth-order valence-corrected chi connectivity index (χ4v) is 1.94. The fraction of sp³-hybridized carbons (Fsp3) is 0.111. The van der Waals surface area contributed by atoms with Crippen molar-refractivity contribution in [3.8, 4) is 0 Å². The van der Waals surface area contributed by atoms with E-state index in [0.29, 0.717) is 10.8 Å². The lowest BCUT2D eigenvalue weighted by molar-refractivity contribution is 0.102. The summed E-state index contributed by atoms with van der Waals surface area (Å²) in [5.74, 6) is -0.377. The molecule has 0 radical (unpaired) electrons. The molecule has 0 saturated heterocycles. The first-order valence-electron chi connectivity index (χ1n) is 4.49. The Hall–Kier alpha value is -1.24. The Morgan fingerprint density at radius 3 is 2.76 bits per heavy atom. The molecule has 2 heterocycles. The lowest BCUT2D eigenvalue weighted by atomic mass is 10.3. The largest absolute Gasteiger partial charge is 0.318 e. The molecule has 88 valence electrons. The number of hydrogen-bond acceptors (Lipinski definition) is 5. The summed E-state index contributed by atoms with van der Waals surface area (Å²) < 4.78 is 0.223. The molecule has 1 N–H and O–H groups in total. The first-order chi connectivity index (χ1) is 8.06. The van der Waals surface area contributed by atoms with Gasteiger partial charge >= 0.3 is 0 Å². The molecule has 0 spiro atoms. The second-order valence-electron chi connectivity index (χ2n) is 3.15. The second kappa shape index (κ2) is 4.95. The van der Waals surface area contributed by atoms with Crippen molar-refractivity contribution in [3.63, 3.8) is 0 Å². The smallest absolute Gasteiger partial charge is 0.286 e. The Balaban J connectivity index is 2.15. The van der Waals surface area contributed by atoms with Gasteiger partial charge in [-0.15, -0.1) is 10.2 Å². The monoisotopic (exact) mass is 288 g/mol. The number of aryl methyl sites for hydroxylation is 1. The predicted molar refractivity (Wildman–Crippen MR) is 66.9 cm³/mol. The van der Waals surface area contributed by atoms with Crippen LogP contribution in [0.5, 0.6) is 0 Å². The third-order valence-electron chi connectivity index (χ3n) is 1.87. The van der Waals surface area contributed by atoms with Crippen LogP contribution >= 0.6 is 34.5 Å². The number of amides is 1. The average molecular weight is 289 g/mol. The maximum atomic E-state index is 11.7. The highest BCUT2D eigenvalue weighted by Crippen LogP contribution is 2.19. The summed E-state index contributed by atoms with van der Waals surface area (Å²) >= 11 is 12.4. The Bertz CT molecular complexity index is 572. The number of carbonyl (C=O) groups excluding carboxylic acids is 1. The van der Waals surface area contributed by atoms with Crippen molar-refractivity contribution in [3.05, 3.63) is 32.5 Å². The molecule has 0 aliphatic rings. The topological polar surface area (TPSA) is 67.8 Å². The number of nitrogens with zero attached hydrogens (tertiary/aromatic N) is 3. The van der Waals surface area contributed by atoms with Gasteiger partial charge < -0.3 is 5.32 Å². The van der Waals surface area contributed by atoms with Crippen LogP contribution < -0.4 is 5.32 Å². The van der Waals surface area contributed by atoms with E-state index in [1.165, 1.54) is 6.20 Å². The van der Waals surface area contributed by atoms with E-state index in [1.54, 1.807) is 13.0 Å². The van der Waals surface area contributed by atoms with Crippen LogP contribution in [0.4, 0.5) is 5.69 Å². The number of aromatic nitrogens is 3. The lowest BCUT2D eigenvalue weighted by Gasteiger charge is -2.03. The highest BCUT2D eigenvalue weighted by molar-refractivity contribution is 7.17. The number of halogens is 2. The molecule has 0 aliphatic carbocycles. The molecule has 5 nitrogen and oxygen atoms in total. The molecule has 8 heteroatoms. The molecule has 0 bridgehead atoms. The number of pyridine rings is 1. The minimum absolute atomic E-state index is 0.197. The summed E-state index contributed by atoms with van der Waals surface area (Å²) in [7, 11) is 0. The van der Waals surface area contributed by atoms with Gasteiger partial charge in [-0.3, -0.25) is 4.79 Å². The predicted octanol–water partition coefficient (Wildman–Crippen LogP) is 2.80. The zero-order valence-corrected chi connectivity index (χ0v) is 10.9. The van der Waals surface area contributed by atoms with Gasteiger partial charge in [-0.2, -0.15) is 0 Å². The summed E-state index contributed by atoms with van der Waals surface area (Å²) in [5.41, 5.74) is 1.32. The summed E-state index contributed by atoms with van der Waals surface area (Å²) in [6.45, 7) is 1.80. The van der Waals surface area contributed by atoms with Crippen molar-refractivity contribution in [2.75, 3.05) is 5.32 Å². The zero-order valence-electron chi connectivity index (χ0n) is 8.57. The van der Waals surface area contributed by atoms with Crippen LogP contribution in [0.3, 0.4) is 0 Å². The van der Waals surface area contributed by atoms with Crippen LogP contribution in [0, 0.1) is 6.92 Å². The van der Waals surface area contributed by atoms with Gasteiger partial charge in [0.15, 0.2) is 0 Å². The zero-order chi connectivity index (χ0) is 12.4. The quantitative estimate of drug-likeness (QED) is 0.863. The molecule has 0 aromatic carbocycles. The molecule has 2 rings (SSSR count). The molecule has 2 aromatic rings. The van der Waals surface area contributed by atoms with Gasteiger partial charge in [0.1, 0.15) is 5.15 Å². The number of hydrogen-bond donors (Lipinski definition) is 1. The van der Waals surface area contributed by atoms with Gasteiger partial charge in [0.05, 0.1) is 11.9 Å². The van der Waals surface area contributed by atoms with Crippen LogP contribution in [0.25, 0.3) is 0 Å². The normalized spacial score (nSPS) is 10.3. The minimum Gasteiger partial charge on any atom is -0.318 e. The average Bonchev–Trinajstić information content (AvgIpc) is 2.70. The minimum atomic E-state index is -0.377. The molecular formula is C9H6Cl2N4OS. The van der Waals surface area contributed by atoms with Crippen LogP contribution in [0.2, 0.25) is 9.62 Å². The third kappa shape index (κ3) is 2.91. The molecule has 1 amide bonds. The van der Waals surface area contributed by atoms with Gasteiger partial charge in [0.25, 0.3) is 5.91 Å². The van der Waals surface area contributed by atoms with E-state index in [9.17, 15) is 4.79 Å². The second-order valence-corrected chi connectivity index (χ2v) is 5.06. The summed E-state index contributed by atoms with van der Waals surface area (Å²) in [6, 6.07) is 1.72. The van der Waals surface area contributed by atoms with Gasteiger partial charge in [0, 0.05) is 0 Å². The Morgan fingerprint density at radius 2 is 2.18 bits per heavy atom. The van der Waals surface area contributed by atoms with Gasteiger partial charge in [-0.1, -0.05) is 22.9 Å². The number of carbonyl (C=O) groups is 1. The molecule has 0 atom stereocenters. The van der Waals surface area contributed by atoms with Crippen molar-refractivity contribution in [1.29, 1.82) is 0 Å². The van der Waals surface area contributed by atoms with E-state index in [0.717, 1.165) is 16.9 Å². The highest BCUT2D eigenvalue weighted by Gasteiger charge is 2.12. The van der Waals surface area contributed by atoms with Crippen LogP contribution in [-0.4, -0.2) is 21.1 Å². The fourth-order valence-electron chi connectivity index (χ4n) is 1.11. The molecule has 0 unspecified atom stereocenters. The maximum absolute atomic E-state index is 11.7. The van der Waals surface area contributed by atoms with E-state index >= 15 is 0 Å². The Morgan fingerprint density at radius 1 is 1.41 bits per heavy atom. The number of rotatable bonds is 2. The van der Waals surface area contributed by atoms with Crippen molar-refractivity contribution in [1.82, 2.24) is 15.2 Å². The number of anilines is 1. The van der Waals surface area contributed by atoms with Crippen LogP contribution in [0.15, 0.2) is 12.3 Å². The summed E-state index contributed by atoms with van der Waals surface area (Å²) in [4.78, 5) is 15.6. The Kier molecular flexibility index (Phi) is 3.56. The maximum Gasteiger partial charge on any atom is 0.286 e. The number of nitrogens with one attached hydrogen (secondary N) is 1. The molecule has 17 heavy (non-hydrogen) atoms. The third-order valence-corrected chi connectivity index (χ3v) is 3.28. The van der Waals surface area contributed by atoms with Gasteiger partial charge in [0.2, 0.25) is 9.47 Å². The Labute approximate surface area is 111 Å². The van der Waals surface area contributed by atoms with Gasteiger partial charge in [-0.25, -0.2) is 4.98 Å². The standard InChI is InChI=1S/C9H6Cl2N4OS/c1-4-2-5(3-12-6(4)10)13-7(16)8-14-15-9(11)17-8/h2-3H,1H3,(H,13,16). The van der Waals surface area contributed by atoms with E-state index in [2.05, 4.69) is 20.5 Å². The lowest BCUT2D eigenvalue weighted by Crippen LogP contribution is -2.12. The molecule has 0 saturated carbocycles. The van der Waals surface area contributed by atoms with Crippen molar-refractivity contribution >= 4 is 46.1 Å². The van der Waals surface area contributed by atoms with E-state index in [4.69, 9.17) is 23.2 Å². The first-order valence-corrected chi connectivity index (χ1v) is 6.06. The highest BCUT2D eigenvalue weighted by atomic mass is 35.5. The SMILES string of the molecule is Cc1cc(NC(=O)c2nnc(Cl)s2)cnc1Cl. The molecule has 0 aliphatic heterocycles. The van der Waals surface area contributed by atoms with E-state index < -0.39 is 0 Å². The summed E-state index contributed by atoms with van der Waals surface area (Å²) in [6.07, 6.45) is 1.47. The van der Waals surface area contributed by atoms with Crippen molar-refractivity contribution < 1.29 is 4.79 Å². The van der Waals surface area contributed by atoms with Crippen LogP contribution in [-0.2, 0) is 0 Å². The molecule has 2 aromatic heterocycles. The summed E-state index contributed by atoms with van der Waals surface area (Å²) in [5, 5.41) is 10.4. The van der Waals surface area contributed by atoms with Gasteiger partial charge in [-0.05, 0) is 30.2 Å². The first kappa shape index (κ1) is 12.2. The van der Waals surface area contributed by atoms with Crippen molar-refractivity contribution in [2.24, 2.45) is 0 Å². The van der Waals surface area contributed by atoms with E-state index in [1.807, 2.05) is 0 Å². The van der Waals surface area contributed by atoms with Crippen LogP contribution in [0.1, 0.15) is 15.4 Å². The van der Waals surface area contributed by atoms with Crippen molar-refractivity contribution in [2.45, 2.75) is 6.92 Å². The molecule has 0 fully saturated rings. The molecular weight excluding hydrogens is 283 g/mol.